The molecule has 3 rings (SSSR count). The lowest BCUT2D eigenvalue weighted by Crippen LogP contribution is -2.15. The monoisotopic (exact) mass is 334 g/mol. The fraction of sp³-hybridized carbons (Fsp3) is 0.105. The number of rotatable bonds is 4. The van der Waals surface area contributed by atoms with Crippen molar-refractivity contribution in [1.82, 2.24) is 9.78 Å². The van der Waals surface area contributed by atoms with E-state index in [1.54, 1.807) is 19.3 Å². The quantitative estimate of drug-likeness (QED) is 0.768. The zero-order chi connectivity index (χ0) is 17.8. The smallest absolute Gasteiger partial charge is 0.273 e. The Bertz CT molecular complexity index is 896. The Labute approximate surface area is 145 Å². The molecule has 0 saturated carbocycles. The van der Waals surface area contributed by atoms with Crippen LogP contribution in [0.3, 0.4) is 0 Å². The zero-order valence-corrected chi connectivity index (χ0v) is 14.0. The highest BCUT2D eigenvalue weighted by molar-refractivity contribution is 6.03. The van der Waals surface area contributed by atoms with Gasteiger partial charge in [-0.25, -0.2) is 0 Å². The molecule has 1 heterocycles. The molecule has 0 spiro atoms. The van der Waals surface area contributed by atoms with E-state index in [-0.39, 0.29) is 11.8 Å². The Morgan fingerprint density at radius 3 is 1.80 bits per heavy atom. The lowest BCUT2D eigenvalue weighted by Gasteiger charge is -2.08. The Balaban J connectivity index is 1.70. The Kier molecular flexibility index (Phi) is 4.61. The summed E-state index contributed by atoms with van der Waals surface area (Å²) >= 11 is 0. The number of aromatic nitrogens is 2. The summed E-state index contributed by atoms with van der Waals surface area (Å²) in [6.45, 7) is 1.48. The number of benzene rings is 2. The van der Waals surface area contributed by atoms with E-state index in [1.165, 1.54) is 11.6 Å². The van der Waals surface area contributed by atoms with Gasteiger partial charge in [-0.1, -0.05) is 24.3 Å². The first-order valence-corrected chi connectivity index (χ1v) is 7.80. The van der Waals surface area contributed by atoms with Crippen LogP contribution in [-0.4, -0.2) is 21.6 Å². The van der Waals surface area contributed by atoms with Crippen LogP contribution in [0.2, 0.25) is 0 Å². The average molecular weight is 334 g/mol. The van der Waals surface area contributed by atoms with Crippen LogP contribution in [0.4, 0.5) is 11.4 Å². The summed E-state index contributed by atoms with van der Waals surface area (Å²) in [5.74, 6) is -0.298. The Morgan fingerprint density at radius 1 is 0.840 bits per heavy atom. The maximum Gasteiger partial charge on any atom is 0.273 e. The molecule has 0 aliphatic carbocycles. The fourth-order valence-electron chi connectivity index (χ4n) is 2.49. The fourth-order valence-corrected chi connectivity index (χ4v) is 2.49. The van der Waals surface area contributed by atoms with Crippen LogP contribution in [0, 0.1) is 0 Å². The molecule has 0 aliphatic rings. The van der Waals surface area contributed by atoms with E-state index in [2.05, 4.69) is 15.7 Å². The molecule has 0 aliphatic heterocycles. The van der Waals surface area contributed by atoms with Crippen molar-refractivity contribution in [3.63, 3.8) is 0 Å². The van der Waals surface area contributed by atoms with Crippen LogP contribution in [0.25, 0.3) is 11.1 Å². The van der Waals surface area contributed by atoms with Gasteiger partial charge in [-0.2, -0.15) is 5.10 Å². The number of carbonyl (C=O) groups excluding carboxylic acids is 2. The van der Waals surface area contributed by atoms with Gasteiger partial charge < -0.3 is 10.6 Å². The van der Waals surface area contributed by atoms with Crippen molar-refractivity contribution in [2.24, 2.45) is 7.05 Å². The topological polar surface area (TPSA) is 76.0 Å². The molecular formula is C19H18N4O2. The van der Waals surface area contributed by atoms with Gasteiger partial charge in [0.2, 0.25) is 5.91 Å². The molecule has 2 aromatic carbocycles. The Morgan fingerprint density at radius 2 is 1.36 bits per heavy atom. The molecular weight excluding hydrogens is 316 g/mol. The Hall–Kier alpha value is -3.41. The molecule has 0 fully saturated rings. The summed E-state index contributed by atoms with van der Waals surface area (Å²) in [5.41, 5.74) is 4.02. The average Bonchev–Trinajstić information content (AvgIpc) is 3.02. The third kappa shape index (κ3) is 3.92. The largest absolute Gasteiger partial charge is 0.326 e. The van der Waals surface area contributed by atoms with Gasteiger partial charge in [-0.15, -0.1) is 0 Å². The second-order valence-corrected chi connectivity index (χ2v) is 5.63. The number of hydrogen-bond acceptors (Lipinski definition) is 3. The van der Waals surface area contributed by atoms with Crippen molar-refractivity contribution in [2.45, 2.75) is 6.92 Å². The number of anilines is 2. The third-order valence-corrected chi connectivity index (χ3v) is 3.73. The minimum Gasteiger partial charge on any atom is -0.326 e. The third-order valence-electron chi connectivity index (χ3n) is 3.73. The number of amides is 2. The number of aryl methyl sites for hydroxylation is 1. The van der Waals surface area contributed by atoms with Crippen LogP contribution in [-0.2, 0) is 11.8 Å². The summed E-state index contributed by atoms with van der Waals surface area (Å²) in [6, 6.07) is 16.8. The molecule has 0 bridgehead atoms. The first-order valence-electron chi connectivity index (χ1n) is 7.80. The molecule has 2 amide bonds. The van der Waals surface area contributed by atoms with Crippen molar-refractivity contribution in [3.8, 4) is 11.1 Å². The molecule has 2 N–H and O–H groups in total. The highest BCUT2D eigenvalue weighted by Crippen LogP contribution is 2.23. The van der Waals surface area contributed by atoms with E-state index in [0.717, 1.165) is 16.8 Å². The van der Waals surface area contributed by atoms with Gasteiger partial charge in [0.25, 0.3) is 5.91 Å². The number of carbonyl (C=O) groups is 2. The second kappa shape index (κ2) is 7.00. The highest BCUT2D eigenvalue weighted by Gasteiger charge is 2.10. The summed E-state index contributed by atoms with van der Waals surface area (Å²) in [6.07, 6.45) is 1.59. The van der Waals surface area contributed by atoms with Crippen LogP contribution in [0.1, 0.15) is 17.4 Å². The predicted octanol–water partition coefficient (Wildman–Crippen LogP) is 3.30. The van der Waals surface area contributed by atoms with Crippen LogP contribution < -0.4 is 10.6 Å². The van der Waals surface area contributed by atoms with E-state index in [9.17, 15) is 9.59 Å². The lowest BCUT2D eigenvalue weighted by atomic mass is 10.0. The van der Waals surface area contributed by atoms with E-state index in [0.29, 0.717) is 11.4 Å². The molecule has 0 radical (unpaired) electrons. The van der Waals surface area contributed by atoms with Gasteiger partial charge >= 0.3 is 0 Å². The van der Waals surface area contributed by atoms with Crippen molar-refractivity contribution in [3.05, 3.63) is 66.5 Å². The van der Waals surface area contributed by atoms with E-state index in [4.69, 9.17) is 0 Å². The minimum absolute atomic E-state index is 0.0960. The first-order chi connectivity index (χ1) is 12.0. The standard InChI is InChI=1S/C19H18N4O2/c1-13(24)21-16-7-3-14(4-8-16)15-5-9-17(10-6-15)22-19(25)18-11-12-20-23(18)2/h3-12H,1-2H3,(H,21,24)(H,22,25). The van der Waals surface area contributed by atoms with Crippen LogP contribution in [0.15, 0.2) is 60.8 Å². The van der Waals surface area contributed by atoms with Gasteiger partial charge in [-0.3, -0.25) is 14.3 Å². The molecule has 0 saturated heterocycles. The van der Waals surface area contributed by atoms with Gasteiger partial charge in [-0.05, 0) is 41.5 Å². The summed E-state index contributed by atoms with van der Waals surface area (Å²) in [7, 11) is 1.72. The first kappa shape index (κ1) is 16.4. The predicted molar refractivity (Wildman–Crippen MR) is 97.3 cm³/mol. The summed E-state index contributed by atoms with van der Waals surface area (Å²) in [4.78, 5) is 23.2. The summed E-state index contributed by atoms with van der Waals surface area (Å²) in [5, 5.41) is 9.57. The highest BCUT2D eigenvalue weighted by atomic mass is 16.2. The summed E-state index contributed by atoms with van der Waals surface area (Å²) < 4.78 is 1.53. The van der Waals surface area contributed by atoms with E-state index in [1.807, 2.05) is 48.5 Å². The van der Waals surface area contributed by atoms with Crippen molar-refractivity contribution in [1.29, 1.82) is 0 Å². The van der Waals surface area contributed by atoms with Crippen LogP contribution in [0.5, 0.6) is 0 Å². The molecule has 126 valence electrons. The van der Waals surface area contributed by atoms with Gasteiger partial charge in [0, 0.05) is 31.5 Å². The molecule has 0 unspecified atom stereocenters. The van der Waals surface area contributed by atoms with Crippen molar-refractivity contribution >= 4 is 23.2 Å². The number of hydrogen-bond donors (Lipinski definition) is 2. The molecule has 25 heavy (non-hydrogen) atoms. The van der Waals surface area contributed by atoms with E-state index < -0.39 is 0 Å². The van der Waals surface area contributed by atoms with E-state index >= 15 is 0 Å². The van der Waals surface area contributed by atoms with Gasteiger partial charge in [0.1, 0.15) is 5.69 Å². The SMILES string of the molecule is CC(=O)Nc1ccc(-c2ccc(NC(=O)c3ccnn3C)cc2)cc1. The second-order valence-electron chi connectivity index (χ2n) is 5.63. The maximum atomic E-state index is 12.2. The molecule has 6 nitrogen and oxygen atoms in total. The minimum atomic E-state index is -0.201. The van der Waals surface area contributed by atoms with Gasteiger partial charge in [0.05, 0.1) is 0 Å². The lowest BCUT2D eigenvalue weighted by molar-refractivity contribution is -0.114. The zero-order valence-electron chi connectivity index (χ0n) is 14.0. The normalized spacial score (nSPS) is 10.3. The van der Waals surface area contributed by atoms with Crippen molar-refractivity contribution in [2.75, 3.05) is 10.6 Å². The number of nitrogens with zero attached hydrogens (tertiary/aromatic N) is 2. The molecule has 6 heteroatoms. The van der Waals surface area contributed by atoms with Crippen molar-refractivity contribution < 1.29 is 9.59 Å². The molecule has 3 aromatic rings. The van der Waals surface area contributed by atoms with Gasteiger partial charge in [0.15, 0.2) is 0 Å². The number of nitrogens with one attached hydrogen (secondary N) is 2. The van der Waals surface area contributed by atoms with Crippen LogP contribution >= 0.6 is 0 Å². The molecule has 0 atom stereocenters. The maximum absolute atomic E-state index is 12.2. The molecule has 1 aromatic heterocycles.